The van der Waals surface area contributed by atoms with E-state index in [-0.39, 0.29) is 18.5 Å². The lowest BCUT2D eigenvalue weighted by atomic mass is 10.0. The van der Waals surface area contributed by atoms with Crippen molar-refractivity contribution in [3.63, 3.8) is 0 Å². The Labute approximate surface area is 207 Å². The fourth-order valence-electron chi connectivity index (χ4n) is 4.30. The lowest BCUT2D eigenvalue weighted by Gasteiger charge is -2.31. The van der Waals surface area contributed by atoms with Crippen LogP contribution >= 0.6 is 0 Å². The zero-order valence-corrected chi connectivity index (χ0v) is 19.3. The number of hydrogen-bond acceptors (Lipinski definition) is 5. The number of fused-ring (bicyclic) bond motifs is 1. The number of nitrogens with zero attached hydrogens (tertiary/aromatic N) is 4. The number of pyridine rings is 2. The van der Waals surface area contributed by atoms with E-state index in [0.717, 1.165) is 29.5 Å². The molecule has 1 aliphatic rings. The molecule has 0 atom stereocenters. The monoisotopic (exact) mass is 516 g/mol. The molecule has 0 spiro atoms. The zero-order chi connectivity index (χ0) is 26.2. The molecule has 1 aromatic carbocycles. The predicted molar refractivity (Wildman–Crippen MR) is 126 cm³/mol. The number of carbonyl (C=O) groups excluding carboxylic acids is 1. The van der Waals surface area contributed by atoms with Gasteiger partial charge in [-0.15, -0.1) is 0 Å². The van der Waals surface area contributed by atoms with Crippen LogP contribution in [0.4, 0.5) is 27.8 Å². The maximum Gasteiger partial charge on any atom is 0.419 e. The smallest absolute Gasteiger partial charge is 0.305 e. The van der Waals surface area contributed by atoms with E-state index in [4.69, 9.17) is 0 Å². The molecule has 4 heterocycles. The van der Waals surface area contributed by atoms with E-state index in [1.165, 1.54) is 0 Å². The van der Waals surface area contributed by atoms with Crippen LogP contribution in [0.15, 0.2) is 55.0 Å². The fourth-order valence-corrected chi connectivity index (χ4v) is 4.30. The number of rotatable bonds is 5. The van der Waals surface area contributed by atoms with Gasteiger partial charge in [-0.05, 0) is 41.5 Å². The number of anilines is 1. The second-order valence-electron chi connectivity index (χ2n) is 8.90. The van der Waals surface area contributed by atoms with Gasteiger partial charge < -0.3 is 5.32 Å². The molecule has 12 heteroatoms. The quantitative estimate of drug-likeness (QED) is 0.341. The van der Waals surface area contributed by atoms with Crippen LogP contribution in [0.2, 0.25) is 0 Å². The first kappa shape index (κ1) is 24.8. The van der Waals surface area contributed by atoms with Gasteiger partial charge in [0.05, 0.1) is 11.1 Å². The van der Waals surface area contributed by atoms with E-state index in [1.54, 1.807) is 30.6 Å². The molecular formula is C25H21F5N6O. The Hall–Kier alpha value is -3.93. The second kappa shape index (κ2) is 9.51. The van der Waals surface area contributed by atoms with Gasteiger partial charge in [-0.3, -0.25) is 19.8 Å². The number of alkyl halides is 5. The minimum absolute atomic E-state index is 0.0889. The predicted octanol–water partition coefficient (Wildman–Crippen LogP) is 5.52. The minimum Gasteiger partial charge on any atom is -0.305 e. The van der Waals surface area contributed by atoms with Crippen molar-refractivity contribution in [3.05, 3.63) is 71.8 Å². The Kier molecular flexibility index (Phi) is 6.36. The molecule has 0 saturated carbocycles. The van der Waals surface area contributed by atoms with Crippen molar-refractivity contribution in [2.45, 2.75) is 31.5 Å². The summed E-state index contributed by atoms with van der Waals surface area (Å²) in [6, 6.07) is 9.06. The highest BCUT2D eigenvalue weighted by molar-refractivity contribution is 6.11. The summed E-state index contributed by atoms with van der Waals surface area (Å²) in [5, 5.41) is 9.32. The highest BCUT2D eigenvalue weighted by Gasteiger charge is 2.35. The Bertz CT molecular complexity index is 1440. The summed E-state index contributed by atoms with van der Waals surface area (Å²) >= 11 is 0. The number of benzene rings is 1. The van der Waals surface area contributed by atoms with Crippen molar-refractivity contribution in [1.82, 2.24) is 25.1 Å². The number of halogens is 5. The Morgan fingerprint density at radius 3 is 2.62 bits per heavy atom. The standard InChI is InChI=1S/C25H21F5N6O/c26-24(27)5-8-36(9-6-24)14-15-10-17(13-31-12-15)16-3-4-20-18(11-16)21(35-34-20)23(37)33-22-19(25(28,29)30)2-1-7-32-22/h1-4,7,10-13H,5-6,8-9,14H2,(H,34,35)(H,32,33,37). The van der Waals surface area contributed by atoms with Crippen molar-refractivity contribution in [1.29, 1.82) is 0 Å². The molecule has 0 aliphatic carbocycles. The third kappa shape index (κ3) is 5.43. The molecule has 37 heavy (non-hydrogen) atoms. The number of aromatic amines is 1. The summed E-state index contributed by atoms with van der Waals surface area (Å²) in [5.74, 6) is -4.08. The summed E-state index contributed by atoms with van der Waals surface area (Å²) in [4.78, 5) is 22.8. The molecule has 5 rings (SSSR count). The number of aromatic nitrogens is 4. The average molecular weight is 516 g/mol. The van der Waals surface area contributed by atoms with Gasteiger partial charge in [-0.25, -0.2) is 13.8 Å². The molecule has 1 saturated heterocycles. The number of carbonyl (C=O) groups is 1. The summed E-state index contributed by atoms with van der Waals surface area (Å²) in [6.45, 7) is 1.07. The minimum atomic E-state index is -4.69. The third-order valence-electron chi connectivity index (χ3n) is 6.24. The van der Waals surface area contributed by atoms with Gasteiger partial charge in [0.15, 0.2) is 5.69 Å². The van der Waals surface area contributed by atoms with Gasteiger partial charge in [0.1, 0.15) is 5.82 Å². The number of amides is 1. The second-order valence-corrected chi connectivity index (χ2v) is 8.90. The number of hydrogen-bond donors (Lipinski definition) is 2. The van der Waals surface area contributed by atoms with Crippen LogP contribution in [0.25, 0.3) is 22.0 Å². The van der Waals surface area contributed by atoms with Crippen molar-refractivity contribution in [2.75, 3.05) is 18.4 Å². The molecule has 1 aliphatic heterocycles. The molecule has 1 amide bonds. The molecule has 7 nitrogen and oxygen atoms in total. The van der Waals surface area contributed by atoms with E-state index in [1.807, 2.05) is 11.0 Å². The van der Waals surface area contributed by atoms with Crippen molar-refractivity contribution < 1.29 is 26.7 Å². The van der Waals surface area contributed by atoms with Gasteiger partial charge >= 0.3 is 6.18 Å². The molecule has 1 fully saturated rings. The third-order valence-corrected chi connectivity index (χ3v) is 6.24. The van der Waals surface area contributed by atoms with Crippen LogP contribution in [0.3, 0.4) is 0 Å². The Morgan fingerprint density at radius 1 is 1.08 bits per heavy atom. The average Bonchev–Trinajstić information content (AvgIpc) is 3.29. The van der Waals surface area contributed by atoms with Crippen LogP contribution < -0.4 is 5.32 Å². The molecule has 2 N–H and O–H groups in total. The normalized spacial score (nSPS) is 16.1. The lowest BCUT2D eigenvalue weighted by molar-refractivity contribution is -0.137. The zero-order valence-electron chi connectivity index (χ0n) is 19.3. The SMILES string of the molecule is O=C(Nc1ncccc1C(F)(F)F)c1n[nH]c2ccc(-c3cncc(CN4CCC(F)(F)CC4)c3)cc12. The first-order valence-electron chi connectivity index (χ1n) is 11.5. The van der Waals surface area contributed by atoms with Crippen LogP contribution in [0.1, 0.15) is 34.5 Å². The van der Waals surface area contributed by atoms with E-state index in [0.29, 0.717) is 36.1 Å². The maximum absolute atomic E-state index is 13.5. The molecule has 192 valence electrons. The molecular weight excluding hydrogens is 495 g/mol. The number of H-pyrrole nitrogens is 1. The van der Waals surface area contributed by atoms with E-state index < -0.39 is 29.4 Å². The molecule has 4 aromatic rings. The first-order chi connectivity index (χ1) is 17.6. The Balaban J connectivity index is 1.39. The van der Waals surface area contributed by atoms with Crippen molar-refractivity contribution in [2.24, 2.45) is 0 Å². The largest absolute Gasteiger partial charge is 0.419 e. The lowest BCUT2D eigenvalue weighted by Crippen LogP contribution is -2.38. The highest BCUT2D eigenvalue weighted by atomic mass is 19.4. The van der Waals surface area contributed by atoms with Crippen LogP contribution in [-0.4, -0.2) is 50.0 Å². The topological polar surface area (TPSA) is 86.8 Å². The van der Waals surface area contributed by atoms with Crippen LogP contribution in [-0.2, 0) is 12.7 Å². The van der Waals surface area contributed by atoms with Crippen LogP contribution in [0.5, 0.6) is 0 Å². The molecule has 0 unspecified atom stereocenters. The molecule has 0 radical (unpaired) electrons. The Morgan fingerprint density at radius 2 is 1.86 bits per heavy atom. The van der Waals surface area contributed by atoms with E-state index >= 15 is 0 Å². The summed E-state index contributed by atoms with van der Waals surface area (Å²) in [7, 11) is 0. The van der Waals surface area contributed by atoms with Gasteiger partial charge in [0, 0.05) is 62.0 Å². The van der Waals surface area contributed by atoms with Crippen molar-refractivity contribution in [3.8, 4) is 11.1 Å². The number of nitrogens with one attached hydrogen (secondary N) is 2. The number of likely N-dealkylation sites (tertiary alicyclic amines) is 1. The maximum atomic E-state index is 13.5. The van der Waals surface area contributed by atoms with Gasteiger partial charge in [-0.1, -0.05) is 6.07 Å². The van der Waals surface area contributed by atoms with Gasteiger partial charge in [-0.2, -0.15) is 18.3 Å². The van der Waals surface area contributed by atoms with Crippen molar-refractivity contribution >= 4 is 22.6 Å². The van der Waals surface area contributed by atoms with Gasteiger partial charge in [0.2, 0.25) is 0 Å². The number of piperidine rings is 1. The molecule has 3 aromatic heterocycles. The summed E-state index contributed by atoms with van der Waals surface area (Å²) < 4.78 is 66.8. The van der Waals surface area contributed by atoms with E-state index in [9.17, 15) is 26.7 Å². The van der Waals surface area contributed by atoms with Gasteiger partial charge in [0.25, 0.3) is 11.8 Å². The fraction of sp³-hybridized carbons (Fsp3) is 0.280. The summed E-state index contributed by atoms with van der Waals surface area (Å²) in [6.07, 6.45) is -0.573. The first-order valence-corrected chi connectivity index (χ1v) is 11.5. The van der Waals surface area contributed by atoms with E-state index in [2.05, 4.69) is 25.5 Å². The highest BCUT2D eigenvalue weighted by Crippen LogP contribution is 2.34. The summed E-state index contributed by atoms with van der Waals surface area (Å²) in [5.41, 5.74) is 1.65. The molecule has 0 bridgehead atoms. The van der Waals surface area contributed by atoms with Crippen LogP contribution in [0, 0.1) is 0 Å².